The second kappa shape index (κ2) is 12.6. The maximum atomic E-state index is 13.0. The van der Waals surface area contributed by atoms with E-state index in [1.54, 1.807) is 0 Å². The molecule has 0 amide bonds. The molecule has 0 bridgehead atoms. The highest BCUT2D eigenvalue weighted by Gasteiger charge is 2.64. The third-order valence-corrected chi connectivity index (χ3v) is 4.56. The summed E-state index contributed by atoms with van der Waals surface area (Å²) in [6.07, 6.45) is -36.2. The van der Waals surface area contributed by atoms with Crippen LogP contribution in [-0.4, -0.2) is 91.0 Å². The number of esters is 6. The molecule has 0 aromatic carbocycles. The Morgan fingerprint density at radius 1 is 0.463 bits per heavy atom. The van der Waals surface area contributed by atoms with Crippen LogP contribution < -0.4 is 0 Å². The van der Waals surface area contributed by atoms with Crippen LogP contribution in [0.2, 0.25) is 0 Å². The third-order valence-electron chi connectivity index (χ3n) is 4.56. The van der Waals surface area contributed by atoms with Crippen molar-refractivity contribution in [3.8, 4) is 0 Å². The highest BCUT2D eigenvalue weighted by atomic mass is 19.4. The fourth-order valence-corrected chi connectivity index (χ4v) is 3.11. The molecule has 0 N–H and O–H groups in total. The third kappa shape index (κ3) is 9.52. The number of alkyl halides is 9. The Balaban J connectivity index is 4.07. The zero-order chi connectivity index (χ0) is 32.2. The molecular weight excluding hydrogens is 603 g/mol. The smallest absolute Gasteiger partial charge is 0.454 e. The van der Waals surface area contributed by atoms with Gasteiger partial charge in [-0.3, -0.25) is 9.59 Å². The summed E-state index contributed by atoms with van der Waals surface area (Å²) in [5.74, 6) is -14.7. The number of rotatable bonds is 7. The number of halogens is 9. The molecule has 6 unspecified atom stereocenters. The van der Waals surface area contributed by atoms with Gasteiger partial charge in [0.05, 0.1) is 0 Å². The van der Waals surface area contributed by atoms with E-state index in [9.17, 15) is 68.3 Å². The Hall–Kier alpha value is -4.07. The number of hydrogen-bond acceptors (Lipinski definition) is 12. The van der Waals surface area contributed by atoms with E-state index in [0.29, 0.717) is 13.8 Å². The summed E-state index contributed by atoms with van der Waals surface area (Å²) in [6, 6.07) is 0. The standard InChI is InChI=1S/C20H17F9O12/c1-5(2)14(32)38-10-8(36-6(3)30)9(37-7(4)31)11(39-15(33)18(21,22)23)13(41-17(35)20(27,28)29)12(10)40-16(34)19(24,25)26/h8-13H,1H2,2-4H3. The molecule has 0 aliphatic heterocycles. The molecule has 1 fully saturated rings. The van der Waals surface area contributed by atoms with E-state index in [1.165, 1.54) is 0 Å². The monoisotopic (exact) mass is 620 g/mol. The molecule has 0 heterocycles. The molecule has 41 heavy (non-hydrogen) atoms. The summed E-state index contributed by atoms with van der Waals surface area (Å²) in [6.45, 7) is 5.06. The fraction of sp³-hybridized carbons (Fsp3) is 0.600. The van der Waals surface area contributed by atoms with Gasteiger partial charge in [0.2, 0.25) is 0 Å². The number of ether oxygens (including phenoxy) is 6. The average Bonchev–Trinajstić information content (AvgIpc) is 2.77. The van der Waals surface area contributed by atoms with Crippen molar-refractivity contribution in [3.05, 3.63) is 12.2 Å². The van der Waals surface area contributed by atoms with Crippen molar-refractivity contribution in [2.75, 3.05) is 0 Å². The zero-order valence-corrected chi connectivity index (χ0v) is 20.5. The molecule has 0 spiro atoms. The van der Waals surface area contributed by atoms with Crippen molar-refractivity contribution in [1.82, 2.24) is 0 Å². The van der Waals surface area contributed by atoms with Crippen molar-refractivity contribution in [2.45, 2.75) is 75.9 Å². The molecule has 1 aliphatic carbocycles. The van der Waals surface area contributed by atoms with E-state index in [1.807, 2.05) is 0 Å². The predicted molar refractivity (Wildman–Crippen MR) is 104 cm³/mol. The van der Waals surface area contributed by atoms with Crippen LogP contribution in [0, 0.1) is 0 Å². The maximum Gasteiger partial charge on any atom is 0.490 e. The van der Waals surface area contributed by atoms with E-state index in [2.05, 4.69) is 30.3 Å². The highest BCUT2D eigenvalue weighted by molar-refractivity contribution is 5.87. The van der Waals surface area contributed by atoms with Crippen molar-refractivity contribution in [1.29, 1.82) is 0 Å². The first kappa shape index (κ1) is 35.0. The van der Waals surface area contributed by atoms with Crippen LogP contribution in [0.4, 0.5) is 39.5 Å². The van der Waals surface area contributed by atoms with Crippen molar-refractivity contribution in [2.24, 2.45) is 0 Å². The first-order valence-electron chi connectivity index (χ1n) is 10.4. The summed E-state index contributed by atoms with van der Waals surface area (Å²) in [7, 11) is 0. The minimum Gasteiger partial charge on any atom is -0.454 e. The highest BCUT2D eigenvalue weighted by Crippen LogP contribution is 2.37. The van der Waals surface area contributed by atoms with E-state index in [4.69, 9.17) is 4.74 Å². The van der Waals surface area contributed by atoms with Crippen LogP contribution >= 0.6 is 0 Å². The van der Waals surface area contributed by atoms with Crippen LogP contribution in [0.15, 0.2) is 12.2 Å². The Kier molecular flexibility index (Phi) is 10.8. The van der Waals surface area contributed by atoms with Crippen molar-refractivity contribution >= 4 is 35.8 Å². The summed E-state index contributed by atoms with van der Waals surface area (Å²) in [5, 5.41) is 0. The maximum absolute atomic E-state index is 13.0. The van der Waals surface area contributed by atoms with Gasteiger partial charge in [-0.1, -0.05) is 6.58 Å². The second-order valence-electron chi connectivity index (χ2n) is 7.90. The molecule has 1 aliphatic rings. The van der Waals surface area contributed by atoms with Gasteiger partial charge < -0.3 is 28.4 Å². The quantitative estimate of drug-likeness (QED) is 0.176. The summed E-state index contributed by atoms with van der Waals surface area (Å²) >= 11 is 0. The molecule has 0 radical (unpaired) electrons. The van der Waals surface area contributed by atoms with Crippen LogP contribution in [0.25, 0.3) is 0 Å². The Labute approximate surface area is 221 Å². The molecule has 0 saturated heterocycles. The van der Waals surface area contributed by atoms with Gasteiger partial charge in [0, 0.05) is 19.4 Å². The molecule has 1 saturated carbocycles. The fourth-order valence-electron chi connectivity index (χ4n) is 3.11. The van der Waals surface area contributed by atoms with Gasteiger partial charge in [0.15, 0.2) is 36.6 Å². The Morgan fingerprint density at radius 2 is 0.683 bits per heavy atom. The van der Waals surface area contributed by atoms with Gasteiger partial charge in [-0.2, -0.15) is 39.5 Å². The van der Waals surface area contributed by atoms with Crippen LogP contribution in [0.5, 0.6) is 0 Å². The summed E-state index contributed by atoms with van der Waals surface area (Å²) in [4.78, 5) is 70.6. The van der Waals surface area contributed by atoms with E-state index in [0.717, 1.165) is 6.92 Å². The second-order valence-corrected chi connectivity index (χ2v) is 7.90. The van der Waals surface area contributed by atoms with E-state index < -0.39 is 96.5 Å². The molecule has 1 rings (SSSR count). The van der Waals surface area contributed by atoms with E-state index in [-0.39, 0.29) is 0 Å². The largest absolute Gasteiger partial charge is 0.490 e. The molecular formula is C20H17F9O12. The number of carbonyl (C=O) groups excluding carboxylic acids is 6. The van der Waals surface area contributed by atoms with Gasteiger partial charge in [-0.15, -0.1) is 0 Å². The topological polar surface area (TPSA) is 158 Å². The molecule has 0 aromatic heterocycles. The predicted octanol–water partition coefficient (Wildman–Crippen LogP) is 1.77. The Morgan fingerprint density at radius 3 is 0.878 bits per heavy atom. The van der Waals surface area contributed by atoms with Gasteiger partial charge >= 0.3 is 54.3 Å². The average molecular weight is 620 g/mol. The molecule has 21 heteroatoms. The summed E-state index contributed by atoms with van der Waals surface area (Å²) < 4.78 is 143. The molecule has 0 aromatic rings. The lowest BCUT2D eigenvalue weighted by molar-refractivity contribution is -0.280. The van der Waals surface area contributed by atoms with Crippen LogP contribution in [0.1, 0.15) is 20.8 Å². The number of carbonyl (C=O) groups is 6. The van der Waals surface area contributed by atoms with Gasteiger partial charge in [-0.25, -0.2) is 19.2 Å². The first-order valence-corrected chi connectivity index (χ1v) is 10.4. The molecule has 232 valence electrons. The van der Waals surface area contributed by atoms with Gasteiger partial charge in [0.25, 0.3) is 0 Å². The van der Waals surface area contributed by atoms with E-state index >= 15 is 0 Å². The normalized spacial score (nSPS) is 24.8. The van der Waals surface area contributed by atoms with Crippen molar-refractivity contribution < 1.29 is 96.7 Å². The minimum absolute atomic E-state index is 0.509. The van der Waals surface area contributed by atoms with Crippen LogP contribution in [0.3, 0.4) is 0 Å². The van der Waals surface area contributed by atoms with Gasteiger partial charge in [-0.05, 0) is 6.92 Å². The van der Waals surface area contributed by atoms with Crippen LogP contribution in [-0.2, 0) is 57.2 Å². The van der Waals surface area contributed by atoms with Gasteiger partial charge in [0.1, 0.15) is 0 Å². The minimum atomic E-state index is -6.04. The lowest BCUT2D eigenvalue weighted by Gasteiger charge is -2.47. The van der Waals surface area contributed by atoms with Crippen molar-refractivity contribution in [3.63, 3.8) is 0 Å². The zero-order valence-electron chi connectivity index (χ0n) is 20.5. The molecule has 12 nitrogen and oxygen atoms in total. The number of hydrogen-bond donors (Lipinski definition) is 0. The summed E-state index contributed by atoms with van der Waals surface area (Å²) in [5.41, 5.74) is -0.606. The lowest BCUT2D eigenvalue weighted by atomic mass is 9.83. The Bertz CT molecular complexity index is 1080. The SMILES string of the molecule is C=C(C)C(=O)OC1C(OC(C)=O)C(OC(C)=O)C(OC(=O)C(F)(F)F)C(OC(=O)C(F)(F)F)C1OC(=O)C(F)(F)F. The first-order chi connectivity index (χ1) is 18.4. The molecule has 6 atom stereocenters. The lowest BCUT2D eigenvalue weighted by Crippen LogP contribution is -2.69.